The Kier molecular flexibility index (Phi) is 6.04. The van der Waals surface area contributed by atoms with E-state index in [0.29, 0.717) is 6.07 Å². The third kappa shape index (κ3) is 4.61. The summed E-state index contributed by atoms with van der Waals surface area (Å²) >= 11 is 0. The molecule has 0 aliphatic heterocycles. The van der Waals surface area contributed by atoms with Crippen molar-refractivity contribution in [3.63, 3.8) is 0 Å². The van der Waals surface area contributed by atoms with E-state index in [-0.39, 0.29) is 10.5 Å². The van der Waals surface area contributed by atoms with Crippen molar-refractivity contribution in [1.29, 1.82) is 0 Å². The predicted molar refractivity (Wildman–Crippen MR) is 89.1 cm³/mol. The maximum absolute atomic E-state index is 13.7. The van der Waals surface area contributed by atoms with E-state index in [2.05, 4.69) is 5.32 Å². The van der Waals surface area contributed by atoms with Crippen LogP contribution in [0.25, 0.3) is 0 Å². The smallest absolute Gasteiger partial charge is 0.243 e. The second-order valence-corrected chi connectivity index (χ2v) is 7.71. The second kappa shape index (κ2) is 7.88. The second-order valence-electron chi connectivity index (χ2n) is 5.67. The summed E-state index contributed by atoms with van der Waals surface area (Å²) in [7, 11) is -2.79. The minimum Gasteiger partial charge on any atom is -0.348 e. The Morgan fingerprint density at radius 2 is 1.65 bits per heavy atom. The molecule has 1 N–H and O–H groups in total. The number of amides is 1. The summed E-state index contributed by atoms with van der Waals surface area (Å²) in [6.07, 6.45) is 0. The third-order valence-electron chi connectivity index (χ3n) is 3.69. The van der Waals surface area contributed by atoms with Crippen LogP contribution in [0.1, 0.15) is 18.5 Å². The van der Waals surface area contributed by atoms with Gasteiger partial charge in [0.15, 0.2) is 0 Å². The lowest BCUT2D eigenvalue weighted by Gasteiger charge is -2.19. The quantitative estimate of drug-likeness (QED) is 0.830. The molecule has 0 saturated carbocycles. The monoisotopic (exact) mass is 386 g/mol. The van der Waals surface area contributed by atoms with Gasteiger partial charge in [-0.15, -0.1) is 0 Å². The van der Waals surface area contributed by atoms with Crippen molar-refractivity contribution in [2.45, 2.75) is 17.9 Å². The maximum Gasteiger partial charge on any atom is 0.243 e. The highest BCUT2D eigenvalue weighted by atomic mass is 32.2. The van der Waals surface area contributed by atoms with E-state index in [1.807, 2.05) is 0 Å². The topological polar surface area (TPSA) is 66.5 Å². The Hall–Kier alpha value is -2.39. The van der Waals surface area contributed by atoms with Gasteiger partial charge in [-0.3, -0.25) is 4.79 Å². The van der Waals surface area contributed by atoms with Gasteiger partial charge < -0.3 is 5.32 Å². The summed E-state index contributed by atoms with van der Waals surface area (Å²) in [5.41, 5.74) is 0.0730. The number of likely N-dealkylation sites (N-methyl/N-ethyl adjacent to an activating group) is 1. The molecule has 0 bridgehead atoms. The molecule has 2 aromatic carbocycles. The van der Waals surface area contributed by atoms with Gasteiger partial charge in [0.25, 0.3) is 0 Å². The minimum absolute atomic E-state index is 0.0730. The fraction of sp³-hybridized carbons (Fsp3) is 0.235. The number of halogens is 3. The van der Waals surface area contributed by atoms with E-state index in [9.17, 15) is 26.4 Å². The Bertz CT molecular complexity index is 902. The molecule has 0 spiro atoms. The minimum atomic E-state index is -3.98. The predicted octanol–water partition coefficient (Wildman–Crippen LogP) is 2.60. The number of rotatable bonds is 6. The van der Waals surface area contributed by atoms with Crippen molar-refractivity contribution >= 4 is 15.9 Å². The summed E-state index contributed by atoms with van der Waals surface area (Å²) in [5, 5.41) is 2.45. The number of nitrogens with one attached hydrogen (secondary N) is 1. The van der Waals surface area contributed by atoms with Crippen LogP contribution >= 0.6 is 0 Å². The standard InChI is InChI=1S/C17H17F3N2O3S/c1-11(15-8-5-13(19)9-16(15)20)21-17(23)10-22(2)26(24,25)14-6-3-12(18)4-7-14/h3-9,11H,10H2,1-2H3,(H,21,23)/t11-/m1/s1. The number of hydrogen-bond acceptors (Lipinski definition) is 3. The van der Waals surface area contributed by atoms with Crippen molar-refractivity contribution < 1.29 is 26.4 Å². The van der Waals surface area contributed by atoms with E-state index in [1.54, 1.807) is 0 Å². The van der Waals surface area contributed by atoms with Gasteiger partial charge in [0.2, 0.25) is 15.9 Å². The van der Waals surface area contributed by atoms with Crippen LogP contribution < -0.4 is 5.32 Å². The van der Waals surface area contributed by atoms with Crippen LogP contribution in [0, 0.1) is 17.5 Å². The molecule has 0 fully saturated rings. The third-order valence-corrected chi connectivity index (χ3v) is 5.51. The van der Waals surface area contributed by atoms with Crippen molar-refractivity contribution in [2.24, 2.45) is 0 Å². The number of nitrogens with zero attached hydrogens (tertiary/aromatic N) is 1. The van der Waals surface area contributed by atoms with Crippen LogP contribution in [-0.2, 0) is 14.8 Å². The molecule has 1 atom stereocenters. The first kappa shape index (κ1) is 19.9. The van der Waals surface area contributed by atoms with Crippen molar-refractivity contribution in [3.8, 4) is 0 Å². The van der Waals surface area contributed by atoms with E-state index in [4.69, 9.17) is 0 Å². The van der Waals surface area contributed by atoms with Crippen LogP contribution in [0.15, 0.2) is 47.4 Å². The number of benzene rings is 2. The fourth-order valence-electron chi connectivity index (χ4n) is 2.29. The van der Waals surface area contributed by atoms with E-state index < -0.39 is 46.0 Å². The molecule has 0 aromatic heterocycles. The van der Waals surface area contributed by atoms with Crippen molar-refractivity contribution in [2.75, 3.05) is 13.6 Å². The molecule has 26 heavy (non-hydrogen) atoms. The van der Waals surface area contributed by atoms with E-state index in [0.717, 1.165) is 34.6 Å². The first-order chi connectivity index (χ1) is 12.1. The SMILES string of the molecule is C[C@@H](NC(=O)CN(C)S(=O)(=O)c1ccc(F)cc1)c1ccc(F)cc1F. The molecule has 5 nitrogen and oxygen atoms in total. The van der Waals surface area contributed by atoms with E-state index >= 15 is 0 Å². The number of hydrogen-bond donors (Lipinski definition) is 1. The number of carbonyl (C=O) groups excluding carboxylic acids is 1. The summed E-state index contributed by atoms with van der Waals surface area (Å²) in [4.78, 5) is 11.9. The molecule has 2 aromatic rings. The molecule has 0 heterocycles. The largest absolute Gasteiger partial charge is 0.348 e. The molecular formula is C17H17F3N2O3S. The molecule has 2 rings (SSSR count). The normalized spacial score (nSPS) is 12.8. The molecular weight excluding hydrogens is 369 g/mol. The zero-order valence-electron chi connectivity index (χ0n) is 14.0. The highest BCUT2D eigenvalue weighted by molar-refractivity contribution is 7.89. The van der Waals surface area contributed by atoms with Crippen LogP contribution in [0.3, 0.4) is 0 Å². The molecule has 0 saturated heterocycles. The number of carbonyl (C=O) groups is 1. The van der Waals surface area contributed by atoms with Gasteiger partial charge in [0.05, 0.1) is 17.5 Å². The molecule has 0 unspecified atom stereocenters. The highest BCUT2D eigenvalue weighted by Gasteiger charge is 2.24. The lowest BCUT2D eigenvalue weighted by Crippen LogP contribution is -2.39. The van der Waals surface area contributed by atoms with Crippen LogP contribution in [-0.4, -0.2) is 32.2 Å². The summed E-state index contributed by atoms with van der Waals surface area (Å²) in [5.74, 6) is -2.81. The molecule has 140 valence electrons. The Morgan fingerprint density at radius 3 is 2.23 bits per heavy atom. The first-order valence-corrected chi connectivity index (χ1v) is 9.01. The van der Waals surface area contributed by atoms with Gasteiger partial charge in [0.1, 0.15) is 17.5 Å². The zero-order valence-corrected chi connectivity index (χ0v) is 14.9. The lowest BCUT2D eigenvalue weighted by molar-refractivity contribution is -0.121. The van der Waals surface area contributed by atoms with Gasteiger partial charge in [-0.1, -0.05) is 6.07 Å². The van der Waals surface area contributed by atoms with Gasteiger partial charge >= 0.3 is 0 Å². The molecule has 0 aliphatic rings. The van der Waals surface area contributed by atoms with Gasteiger partial charge in [-0.05, 0) is 37.3 Å². The van der Waals surface area contributed by atoms with Gasteiger partial charge in [-0.25, -0.2) is 21.6 Å². The van der Waals surface area contributed by atoms with Crippen LogP contribution in [0.5, 0.6) is 0 Å². The molecule has 0 aliphatic carbocycles. The number of sulfonamides is 1. The summed E-state index contributed by atoms with van der Waals surface area (Å²) in [6.45, 7) is 0.968. The maximum atomic E-state index is 13.7. The Morgan fingerprint density at radius 1 is 1.08 bits per heavy atom. The Labute approximate surface area is 149 Å². The molecule has 0 radical (unpaired) electrons. The Balaban J connectivity index is 2.05. The summed E-state index contributed by atoms with van der Waals surface area (Å²) in [6, 6.07) is 6.36. The van der Waals surface area contributed by atoms with E-state index in [1.165, 1.54) is 20.0 Å². The fourth-order valence-corrected chi connectivity index (χ4v) is 3.42. The van der Waals surface area contributed by atoms with Gasteiger partial charge in [-0.2, -0.15) is 4.31 Å². The lowest BCUT2D eigenvalue weighted by atomic mass is 10.1. The van der Waals surface area contributed by atoms with Gasteiger partial charge in [0, 0.05) is 18.7 Å². The highest BCUT2D eigenvalue weighted by Crippen LogP contribution is 2.18. The van der Waals surface area contributed by atoms with Crippen LogP contribution in [0.4, 0.5) is 13.2 Å². The molecule has 9 heteroatoms. The average molecular weight is 386 g/mol. The molecule has 1 amide bonds. The van der Waals surface area contributed by atoms with Crippen LogP contribution in [0.2, 0.25) is 0 Å². The summed E-state index contributed by atoms with van der Waals surface area (Å²) < 4.78 is 65.1. The first-order valence-electron chi connectivity index (χ1n) is 7.57. The average Bonchev–Trinajstić information content (AvgIpc) is 2.54. The van der Waals surface area contributed by atoms with Crippen molar-refractivity contribution in [1.82, 2.24) is 9.62 Å². The zero-order chi connectivity index (χ0) is 19.5. The van der Waals surface area contributed by atoms with Crippen molar-refractivity contribution in [3.05, 3.63) is 65.5 Å².